The van der Waals surface area contributed by atoms with E-state index in [1.807, 2.05) is 6.92 Å². The first-order valence-corrected chi connectivity index (χ1v) is 12.4. The van der Waals surface area contributed by atoms with E-state index in [1.54, 1.807) is 11.0 Å². The van der Waals surface area contributed by atoms with Crippen LogP contribution in [0.5, 0.6) is 0 Å². The summed E-state index contributed by atoms with van der Waals surface area (Å²) in [6, 6.07) is 6.54. The third-order valence-corrected chi connectivity index (χ3v) is 8.57. The van der Waals surface area contributed by atoms with Crippen LogP contribution in [0.25, 0.3) is 0 Å². The van der Waals surface area contributed by atoms with Crippen molar-refractivity contribution in [1.82, 2.24) is 9.21 Å². The van der Waals surface area contributed by atoms with Gasteiger partial charge in [0.25, 0.3) is 11.6 Å². The summed E-state index contributed by atoms with van der Waals surface area (Å²) in [5.74, 6) is -0.135. The maximum atomic E-state index is 13.0. The van der Waals surface area contributed by atoms with Crippen molar-refractivity contribution in [2.75, 3.05) is 31.5 Å². The zero-order valence-electron chi connectivity index (χ0n) is 17.3. The standard InChI is InChI=1S/C20H22N4O6S2/c1-13-12-17(21-19(25)14-2-3-14)31-18(13)20(26)22-8-10-23(11-9-22)32(29,30)16-6-4-15(5-7-16)24(27)28/h4-7,12,14H,2-3,8-11H2,1H3,(H,21,25). The maximum absolute atomic E-state index is 13.0. The molecule has 2 amide bonds. The zero-order valence-corrected chi connectivity index (χ0v) is 18.9. The van der Waals surface area contributed by atoms with Gasteiger partial charge in [0.05, 0.1) is 19.7 Å². The first-order chi connectivity index (χ1) is 15.2. The summed E-state index contributed by atoms with van der Waals surface area (Å²) in [6.07, 6.45) is 1.80. The second-order valence-electron chi connectivity index (χ2n) is 7.83. The largest absolute Gasteiger partial charge is 0.335 e. The number of piperazine rings is 1. The van der Waals surface area contributed by atoms with Gasteiger partial charge in [-0.15, -0.1) is 11.3 Å². The molecule has 1 aliphatic heterocycles. The molecule has 1 aromatic carbocycles. The number of hydrogen-bond acceptors (Lipinski definition) is 7. The average Bonchev–Trinajstić information content (AvgIpc) is 3.57. The molecule has 1 aromatic heterocycles. The van der Waals surface area contributed by atoms with Gasteiger partial charge in [-0.25, -0.2) is 8.42 Å². The molecule has 0 atom stereocenters. The van der Waals surface area contributed by atoms with Crippen LogP contribution in [0.1, 0.15) is 28.1 Å². The number of aryl methyl sites for hydroxylation is 1. The lowest BCUT2D eigenvalue weighted by Crippen LogP contribution is -2.50. The normalized spacial score (nSPS) is 17.2. The number of benzene rings is 1. The number of carbonyl (C=O) groups excluding carboxylic acids is 2. The number of anilines is 1. The van der Waals surface area contributed by atoms with Gasteiger partial charge < -0.3 is 10.2 Å². The number of carbonyl (C=O) groups is 2. The summed E-state index contributed by atoms with van der Waals surface area (Å²) in [6.45, 7) is 2.52. The molecule has 10 nitrogen and oxygen atoms in total. The molecule has 2 aromatic rings. The second-order valence-corrected chi connectivity index (χ2v) is 10.8. The van der Waals surface area contributed by atoms with E-state index < -0.39 is 14.9 Å². The summed E-state index contributed by atoms with van der Waals surface area (Å²) in [7, 11) is -3.81. The Morgan fingerprint density at radius 1 is 1.12 bits per heavy atom. The van der Waals surface area contributed by atoms with Gasteiger partial charge in [-0.05, 0) is 43.5 Å². The van der Waals surface area contributed by atoms with Crippen LogP contribution in [0.2, 0.25) is 0 Å². The predicted octanol–water partition coefficient (Wildman–Crippen LogP) is 2.46. The van der Waals surface area contributed by atoms with Crippen LogP contribution >= 0.6 is 11.3 Å². The molecule has 1 saturated carbocycles. The summed E-state index contributed by atoms with van der Waals surface area (Å²) in [5.41, 5.74) is 0.588. The van der Waals surface area contributed by atoms with Gasteiger partial charge >= 0.3 is 0 Å². The second kappa shape index (κ2) is 8.60. The Hall–Kier alpha value is -2.83. The summed E-state index contributed by atoms with van der Waals surface area (Å²) in [5, 5.41) is 14.3. The van der Waals surface area contributed by atoms with Gasteiger partial charge in [0.2, 0.25) is 15.9 Å². The fourth-order valence-electron chi connectivity index (χ4n) is 3.49. The van der Waals surface area contributed by atoms with Crippen LogP contribution in [-0.4, -0.2) is 60.5 Å². The van der Waals surface area contributed by atoms with Crippen molar-refractivity contribution in [2.24, 2.45) is 5.92 Å². The molecule has 2 aliphatic rings. The van der Waals surface area contributed by atoms with Gasteiger partial charge in [0.15, 0.2) is 0 Å². The Balaban J connectivity index is 1.39. The molecule has 32 heavy (non-hydrogen) atoms. The monoisotopic (exact) mass is 478 g/mol. The van der Waals surface area contributed by atoms with Crippen molar-refractivity contribution in [1.29, 1.82) is 0 Å². The molecule has 0 bridgehead atoms. The average molecular weight is 479 g/mol. The number of amides is 2. The summed E-state index contributed by atoms with van der Waals surface area (Å²) >= 11 is 1.23. The van der Waals surface area contributed by atoms with Crippen LogP contribution in [0.3, 0.4) is 0 Å². The third kappa shape index (κ3) is 4.52. The number of nitrogens with zero attached hydrogens (tertiary/aromatic N) is 3. The van der Waals surface area contributed by atoms with E-state index in [9.17, 15) is 28.1 Å². The number of non-ortho nitro benzene ring substituents is 1. The number of thiophene rings is 1. The Morgan fingerprint density at radius 2 is 1.75 bits per heavy atom. The first kappa shape index (κ1) is 22.4. The number of nitro benzene ring substituents is 1. The van der Waals surface area contributed by atoms with Crippen molar-refractivity contribution in [2.45, 2.75) is 24.7 Å². The Kier molecular flexibility index (Phi) is 6.01. The molecule has 0 unspecified atom stereocenters. The lowest BCUT2D eigenvalue weighted by molar-refractivity contribution is -0.384. The van der Waals surface area contributed by atoms with E-state index >= 15 is 0 Å². The SMILES string of the molecule is Cc1cc(NC(=O)C2CC2)sc1C(=O)N1CCN(S(=O)(=O)c2ccc([N+](=O)[O-])cc2)CC1. The molecule has 0 spiro atoms. The fourth-order valence-corrected chi connectivity index (χ4v) is 5.95. The maximum Gasteiger partial charge on any atom is 0.269 e. The molecule has 1 saturated heterocycles. The molecule has 1 aliphatic carbocycles. The third-order valence-electron chi connectivity index (χ3n) is 5.52. The van der Waals surface area contributed by atoms with Crippen LogP contribution in [-0.2, 0) is 14.8 Å². The minimum Gasteiger partial charge on any atom is -0.335 e. The van der Waals surface area contributed by atoms with E-state index in [0.29, 0.717) is 9.88 Å². The zero-order chi connectivity index (χ0) is 23.0. The lowest BCUT2D eigenvalue weighted by atomic mass is 10.2. The highest BCUT2D eigenvalue weighted by molar-refractivity contribution is 7.89. The molecule has 4 rings (SSSR count). The van der Waals surface area contributed by atoms with Gasteiger partial charge in [0.1, 0.15) is 0 Å². The van der Waals surface area contributed by atoms with Gasteiger partial charge in [-0.2, -0.15) is 4.31 Å². The van der Waals surface area contributed by atoms with Crippen molar-refractivity contribution in [3.05, 3.63) is 50.9 Å². The number of hydrogen-bond donors (Lipinski definition) is 1. The lowest BCUT2D eigenvalue weighted by Gasteiger charge is -2.33. The van der Waals surface area contributed by atoms with Gasteiger partial charge in [-0.1, -0.05) is 0 Å². The Bertz CT molecular complexity index is 1160. The van der Waals surface area contributed by atoms with Crippen LogP contribution in [0, 0.1) is 23.0 Å². The minimum absolute atomic E-state index is 0.0182. The number of rotatable bonds is 6. The Morgan fingerprint density at radius 3 is 2.31 bits per heavy atom. The summed E-state index contributed by atoms with van der Waals surface area (Å²) < 4.78 is 27.0. The Labute approximate surface area is 189 Å². The van der Waals surface area contributed by atoms with E-state index in [2.05, 4.69) is 5.32 Å². The predicted molar refractivity (Wildman–Crippen MR) is 118 cm³/mol. The molecule has 1 N–H and O–H groups in total. The molecule has 2 fully saturated rings. The quantitative estimate of drug-likeness (QED) is 0.501. The fraction of sp³-hybridized carbons (Fsp3) is 0.400. The molecule has 12 heteroatoms. The molecule has 0 radical (unpaired) electrons. The van der Waals surface area contributed by atoms with E-state index in [0.717, 1.165) is 30.5 Å². The minimum atomic E-state index is -3.81. The highest BCUT2D eigenvalue weighted by Gasteiger charge is 2.33. The van der Waals surface area contributed by atoms with Crippen LogP contribution in [0.4, 0.5) is 10.7 Å². The van der Waals surface area contributed by atoms with Crippen LogP contribution in [0.15, 0.2) is 35.2 Å². The van der Waals surface area contributed by atoms with Crippen molar-refractivity contribution >= 4 is 43.9 Å². The van der Waals surface area contributed by atoms with Crippen LogP contribution < -0.4 is 5.32 Å². The van der Waals surface area contributed by atoms with Gasteiger partial charge in [0, 0.05) is 44.2 Å². The van der Waals surface area contributed by atoms with E-state index in [1.165, 1.54) is 27.8 Å². The number of nitro groups is 1. The highest BCUT2D eigenvalue weighted by atomic mass is 32.2. The first-order valence-electron chi connectivity index (χ1n) is 10.1. The molecule has 170 valence electrons. The molecule has 2 heterocycles. The summed E-state index contributed by atoms with van der Waals surface area (Å²) in [4.78, 5) is 37.3. The molecular weight excluding hydrogens is 456 g/mol. The van der Waals surface area contributed by atoms with Gasteiger partial charge in [-0.3, -0.25) is 19.7 Å². The number of sulfonamides is 1. The van der Waals surface area contributed by atoms with E-state index in [-0.39, 0.29) is 54.5 Å². The van der Waals surface area contributed by atoms with Crippen molar-refractivity contribution in [3.63, 3.8) is 0 Å². The van der Waals surface area contributed by atoms with Crippen molar-refractivity contribution < 1.29 is 22.9 Å². The smallest absolute Gasteiger partial charge is 0.269 e. The highest BCUT2D eigenvalue weighted by Crippen LogP contribution is 2.33. The van der Waals surface area contributed by atoms with E-state index in [4.69, 9.17) is 0 Å². The topological polar surface area (TPSA) is 130 Å². The molecular formula is C20H22N4O6S2. The van der Waals surface area contributed by atoms with Crippen molar-refractivity contribution in [3.8, 4) is 0 Å². The number of nitrogens with one attached hydrogen (secondary N) is 1.